The number of methoxy groups -OCH3 is 1. The van der Waals surface area contributed by atoms with E-state index >= 15 is 0 Å². The van der Waals surface area contributed by atoms with Gasteiger partial charge >= 0.3 is 0 Å². The molecule has 2 atom stereocenters. The highest BCUT2D eigenvalue weighted by Gasteiger charge is 2.31. The molecule has 0 radical (unpaired) electrons. The van der Waals surface area contributed by atoms with Gasteiger partial charge in [0.2, 0.25) is 11.8 Å². The fourth-order valence-electron chi connectivity index (χ4n) is 7.01. The van der Waals surface area contributed by atoms with E-state index in [4.69, 9.17) is 19.4 Å². The lowest BCUT2D eigenvalue weighted by Crippen LogP contribution is -2.45. The smallest absolute Gasteiger partial charge is 0.264 e. The lowest BCUT2D eigenvalue weighted by atomic mass is 10.1. The van der Waals surface area contributed by atoms with E-state index < -0.39 is 11.9 Å². The normalized spacial score (nSPS) is 14.9. The second-order valence-electron chi connectivity index (χ2n) is 13.8. The number of ether oxygens (including phenoxy) is 2. The average molecular weight is 799 g/mol. The van der Waals surface area contributed by atoms with Crippen LogP contribution in [0.3, 0.4) is 0 Å². The molecule has 284 valence electrons. The van der Waals surface area contributed by atoms with Crippen molar-refractivity contribution in [3.05, 3.63) is 86.6 Å². The minimum atomic E-state index is -0.748. The van der Waals surface area contributed by atoms with Crippen molar-refractivity contribution in [1.82, 2.24) is 24.8 Å². The number of benzene rings is 3. The molecule has 2 unspecified atom stereocenters. The lowest BCUT2D eigenvalue weighted by molar-refractivity contribution is -0.135. The number of piperidine rings is 1. The molecule has 0 spiro atoms. The van der Waals surface area contributed by atoms with Crippen LogP contribution in [0.15, 0.2) is 63.9 Å². The summed E-state index contributed by atoms with van der Waals surface area (Å²) in [6, 6.07) is 17.0. The number of nitrogens with one attached hydrogen (secondary N) is 3. The van der Waals surface area contributed by atoms with E-state index in [9.17, 15) is 14.4 Å². The molecular weight excluding hydrogens is 750 g/mol. The molecule has 12 nitrogen and oxygen atoms in total. The number of rotatable bonds is 17. The van der Waals surface area contributed by atoms with Crippen LogP contribution in [0.25, 0.3) is 21.8 Å². The van der Waals surface area contributed by atoms with Gasteiger partial charge < -0.3 is 20.1 Å². The summed E-state index contributed by atoms with van der Waals surface area (Å²) in [5.41, 5.74) is 2.97. The Bertz CT molecular complexity index is 2210. The minimum Gasteiger partial charge on any atom is -0.493 e. The number of unbranched alkanes of at least 4 members (excludes halogenated alkanes) is 6. The summed E-state index contributed by atoms with van der Waals surface area (Å²) in [5, 5.41) is 10.7. The Kier molecular flexibility index (Phi) is 12.8. The highest BCUT2D eigenvalue weighted by molar-refractivity contribution is 9.10. The SMILES string of the molecule is COc1cc2c(NC(C)c3cccc(Br)c3)nc(C)nc2cc1OCCCCCCCCCNc1cccc2nc(C)n(C3CCC(=O)NC3=O)c(=O)c12. The van der Waals surface area contributed by atoms with Gasteiger partial charge in [-0.15, -0.1) is 0 Å². The number of fused-ring (bicyclic) bond motifs is 2. The van der Waals surface area contributed by atoms with Crippen molar-refractivity contribution in [3.63, 3.8) is 0 Å². The maximum absolute atomic E-state index is 13.6. The first-order valence-electron chi connectivity index (χ1n) is 18.7. The highest BCUT2D eigenvalue weighted by Crippen LogP contribution is 2.36. The van der Waals surface area contributed by atoms with Gasteiger partial charge in [-0.3, -0.25) is 24.3 Å². The number of nitrogens with zero attached hydrogens (tertiary/aromatic N) is 4. The Morgan fingerprint density at radius 2 is 1.67 bits per heavy atom. The molecule has 54 heavy (non-hydrogen) atoms. The van der Waals surface area contributed by atoms with Gasteiger partial charge in [0.15, 0.2) is 11.5 Å². The summed E-state index contributed by atoms with van der Waals surface area (Å²) in [6.45, 7) is 7.03. The maximum Gasteiger partial charge on any atom is 0.264 e. The molecule has 0 bridgehead atoms. The van der Waals surface area contributed by atoms with Crippen molar-refractivity contribution < 1.29 is 19.1 Å². The van der Waals surface area contributed by atoms with E-state index in [0.29, 0.717) is 46.3 Å². The minimum absolute atomic E-state index is 0.0343. The van der Waals surface area contributed by atoms with Gasteiger partial charge in [-0.05, 0) is 75.9 Å². The van der Waals surface area contributed by atoms with Crippen LogP contribution in [0.2, 0.25) is 0 Å². The standard InChI is InChI=1S/C41H48BrN7O5/c1-25(28-14-12-15-29(42)22-28)44-39-30-23-35(53-4)36(24-33(30)45-26(2)46-39)54-21-11-9-7-5-6-8-10-20-43-31-16-13-17-32-38(31)41(52)49(27(3)47-32)34-18-19-37(50)48-40(34)51/h12-17,22-25,34,43H,5-11,18-21H2,1-4H3,(H,44,45,46)(H,48,50,51). The van der Waals surface area contributed by atoms with Gasteiger partial charge in [0.25, 0.3) is 5.56 Å². The largest absolute Gasteiger partial charge is 0.493 e. The molecule has 1 saturated heterocycles. The molecular formula is C41H48BrN7O5. The number of aryl methyl sites for hydroxylation is 2. The summed E-state index contributed by atoms with van der Waals surface area (Å²) in [7, 11) is 1.65. The molecule has 5 aromatic rings. The van der Waals surface area contributed by atoms with E-state index in [0.717, 1.165) is 78.2 Å². The van der Waals surface area contributed by atoms with Crippen molar-refractivity contribution >= 4 is 61.1 Å². The Morgan fingerprint density at radius 3 is 2.43 bits per heavy atom. The number of hydrogen-bond acceptors (Lipinski definition) is 10. The molecule has 0 saturated carbocycles. The van der Waals surface area contributed by atoms with Crippen LogP contribution in [-0.2, 0) is 9.59 Å². The summed E-state index contributed by atoms with van der Waals surface area (Å²) in [6.07, 6.45) is 7.89. The average Bonchev–Trinajstić information content (AvgIpc) is 3.14. The fraction of sp³-hybridized carbons (Fsp3) is 0.415. The Morgan fingerprint density at radius 1 is 0.907 bits per heavy atom. The van der Waals surface area contributed by atoms with E-state index in [-0.39, 0.29) is 30.3 Å². The number of amides is 2. The van der Waals surface area contributed by atoms with Crippen molar-refractivity contribution in [2.45, 2.75) is 90.6 Å². The van der Waals surface area contributed by atoms with Gasteiger partial charge in [-0.1, -0.05) is 66.2 Å². The third kappa shape index (κ3) is 9.18. The van der Waals surface area contributed by atoms with Crippen molar-refractivity contribution in [1.29, 1.82) is 0 Å². The van der Waals surface area contributed by atoms with Gasteiger partial charge in [0.1, 0.15) is 23.5 Å². The Hall–Kier alpha value is -5.04. The first-order valence-corrected chi connectivity index (χ1v) is 19.5. The molecule has 6 rings (SSSR count). The highest BCUT2D eigenvalue weighted by atomic mass is 79.9. The summed E-state index contributed by atoms with van der Waals surface area (Å²) < 4.78 is 14.4. The topological polar surface area (TPSA) is 149 Å². The molecule has 1 fully saturated rings. The quantitative estimate of drug-likeness (QED) is 0.0623. The van der Waals surface area contributed by atoms with Crippen LogP contribution in [0.4, 0.5) is 11.5 Å². The lowest BCUT2D eigenvalue weighted by Gasteiger charge is -2.24. The molecule has 13 heteroatoms. The van der Waals surface area contributed by atoms with Crippen LogP contribution in [-0.4, -0.2) is 51.6 Å². The molecule has 2 aromatic heterocycles. The molecule has 1 aliphatic heterocycles. The number of carbonyl (C=O) groups is 2. The second-order valence-corrected chi connectivity index (χ2v) is 14.7. The Balaban J connectivity index is 0.940. The molecule has 1 aliphatic rings. The zero-order valence-electron chi connectivity index (χ0n) is 31.3. The number of hydrogen-bond donors (Lipinski definition) is 3. The second kappa shape index (κ2) is 17.9. The number of aromatic nitrogens is 4. The van der Waals surface area contributed by atoms with Crippen molar-refractivity contribution in [3.8, 4) is 11.5 Å². The van der Waals surface area contributed by atoms with Gasteiger partial charge in [0.05, 0.1) is 36.2 Å². The molecule has 0 aliphatic carbocycles. The number of halogens is 1. The predicted octanol–water partition coefficient (Wildman–Crippen LogP) is 8.10. The summed E-state index contributed by atoms with van der Waals surface area (Å²) >= 11 is 3.56. The first-order chi connectivity index (χ1) is 26.1. The third-order valence-corrected chi connectivity index (χ3v) is 10.3. The Labute approximate surface area is 323 Å². The van der Waals surface area contributed by atoms with Crippen LogP contribution < -0.4 is 31.0 Å². The predicted molar refractivity (Wildman–Crippen MR) is 215 cm³/mol. The van der Waals surface area contributed by atoms with Crippen molar-refractivity contribution in [2.24, 2.45) is 0 Å². The fourth-order valence-corrected chi connectivity index (χ4v) is 7.43. The van der Waals surface area contributed by atoms with Gasteiger partial charge in [0, 0.05) is 34.6 Å². The number of anilines is 2. The van der Waals surface area contributed by atoms with Crippen LogP contribution >= 0.6 is 15.9 Å². The number of imide groups is 1. The first kappa shape index (κ1) is 38.7. The van der Waals surface area contributed by atoms with Gasteiger partial charge in [-0.25, -0.2) is 15.0 Å². The zero-order valence-corrected chi connectivity index (χ0v) is 32.9. The van der Waals surface area contributed by atoms with Crippen LogP contribution in [0, 0.1) is 13.8 Å². The molecule has 3 aromatic carbocycles. The monoisotopic (exact) mass is 797 g/mol. The third-order valence-electron chi connectivity index (χ3n) is 9.82. The van der Waals surface area contributed by atoms with E-state index in [2.05, 4.69) is 55.9 Å². The summed E-state index contributed by atoms with van der Waals surface area (Å²) in [4.78, 5) is 51.9. The molecule has 3 heterocycles. The van der Waals surface area contributed by atoms with Gasteiger partial charge in [-0.2, -0.15) is 0 Å². The van der Waals surface area contributed by atoms with E-state index in [1.807, 2.05) is 49.4 Å². The maximum atomic E-state index is 13.6. The molecule has 2 amide bonds. The molecule has 3 N–H and O–H groups in total. The van der Waals surface area contributed by atoms with Crippen LogP contribution in [0.5, 0.6) is 11.5 Å². The summed E-state index contributed by atoms with van der Waals surface area (Å²) in [5.74, 6) is 2.43. The van der Waals surface area contributed by atoms with Crippen molar-refractivity contribution in [2.75, 3.05) is 30.9 Å². The zero-order chi connectivity index (χ0) is 38.2. The van der Waals surface area contributed by atoms with E-state index in [1.165, 1.54) is 4.57 Å². The van der Waals surface area contributed by atoms with Crippen LogP contribution in [0.1, 0.15) is 94.0 Å². The number of carbonyl (C=O) groups excluding carboxylic acids is 2. The van der Waals surface area contributed by atoms with E-state index in [1.54, 1.807) is 14.0 Å².